The Balaban J connectivity index is 1.35. The second kappa shape index (κ2) is 11.4. The molecule has 33 heavy (non-hydrogen) atoms. The number of nitrogen functional groups attached to an aromatic ring is 1. The van der Waals surface area contributed by atoms with E-state index in [1.807, 2.05) is 0 Å². The van der Waals surface area contributed by atoms with Gasteiger partial charge in [-0.2, -0.15) is 4.98 Å². The quantitative estimate of drug-likeness (QED) is 0.562. The van der Waals surface area contributed by atoms with Gasteiger partial charge in [-0.05, 0) is 25.7 Å². The highest BCUT2D eigenvalue weighted by Gasteiger charge is 2.26. The fourth-order valence-corrected chi connectivity index (χ4v) is 4.56. The molecule has 2 aromatic heterocycles. The number of ether oxygens (including phenoxy) is 3. The van der Waals surface area contributed by atoms with Gasteiger partial charge in [0.15, 0.2) is 5.65 Å². The van der Waals surface area contributed by atoms with Gasteiger partial charge in [0, 0.05) is 0 Å². The van der Waals surface area contributed by atoms with Gasteiger partial charge >= 0.3 is 11.9 Å². The molecule has 0 unspecified atom stereocenters. The van der Waals surface area contributed by atoms with E-state index in [1.165, 1.54) is 12.8 Å². The van der Waals surface area contributed by atoms with E-state index < -0.39 is 6.10 Å². The Hall–Kier alpha value is -2.75. The van der Waals surface area contributed by atoms with Gasteiger partial charge < -0.3 is 24.5 Å². The number of imidazole rings is 1. The van der Waals surface area contributed by atoms with E-state index in [4.69, 9.17) is 19.9 Å². The molecule has 0 spiro atoms. The van der Waals surface area contributed by atoms with Gasteiger partial charge in [-0.25, -0.2) is 9.97 Å². The van der Waals surface area contributed by atoms with Gasteiger partial charge in [-0.3, -0.25) is 9.59 Å². The lowest BCUT2D eigenvalue weighted by atomic mass is 9.89. The highest BCUT2D eigenvalue weighted by atomic mass is 16.6. The smallest absolute Gasteiger partial charge is 0.309 e. The lowest BCUT2D eigenvalue weighted by Crippen LogP contribution is -2.32. The number of carbonyl (C=O) groups excluding carboxylic acids is 2. The van der Waals surface area contributed by atoms with Crippen molar-refractivity contribution < 1.29 is 23.8 Å². The number of hydrogen-bond acceptors (Lipinski definition) is 9. The number of rotatable bonds is 9. The van der Waals surface area contributed by atoms with E-state index in [2.05, 4.69) is 15.0 Å². The molecule has 0 amide bonds. The highest BCUT2D eigenvalue weighted by molar-refractivity contribution is 5.73. The summed E-state index contributed by atoms with van der Waals surface area (Å²) in [5, 5.41) is 0. The van der Waals surface area contributed by atoms with Gasteiger partial charge in [-0.1, -0.05) is 38.5 Å². The van der Waals surface area contributed by atoms with Crippen LogP contribution in [0.5, 0.6) is 0 Å². The number of carbonyl (C=O) groups is 2. The molecule has 2 aliphatic rings. The average Bonchev–Trinajstić information content (AvgIpc) is 3.26. The first kappa shape index (κ1) is 23.4. The Morgan fingerprint density at radius 3 is 2.09 bits per heavy atom. The predicted octanol–water partition coefficient (Wildman–Crippen LogP) is 3.00. The van der Waals surface area contributed by atoms with Gasteiger partial charge in [0.25, 0.3) is 0 Å². The molecule has 2 aromatic rings. The zero-order valence-corrected chi connectivity index (χ0v) is 19.0. The minimum Gasteiger partial charge on any atom is -0.463 e. The van der Waals surface area contributed by atoms with Crippen LogP contribution in [0.1, 0.15) is 64.2 Å². The van der Waals surface area contributed by atoms with E-state index in [0.717, 1.165) is 51.4 Å². The fraction of sp³-hybridized carbons (Fsp3) is 0.696. The predicted molar refractivity (Wildman–Crippen MR) is 120 cm³/mol. The van der Waals surface area contributed by atoms with E-state index in [9.17, 15) is 9.59 Å². The molecule has 2 aliphatic carbocycles. The van der Waals surface area contributed by atoms with E-state index in [0.29, 0.717) is 11.2 Å². The topological polar surface area (TPSA) is 131 Å². The average molecular weight is 460 g/mol. The zero-order valence-electron chi connectivity index (χ0n) is 19.0. The molecular weight excluding hydrogens is 426 g/mol. The molecule has 0 saturated heterocycles. The van der Waals surface area contributed by atoms with Crippen LogP contribution in [-0.2, 0) is 30.5 Å². The van der Waals surface area contributed by atoms with Crippen LogP contribution < -0.4 is 5.73 Å². The second-order valence-electron chi connectivity index (χ2n) is 9.00. The molecular formula is C23H33N5O5. The van der Waals surface area contributed by atoms with Crippen molar-refractivity contribution in [2.75, 3.05) is 18.9 Å². The van der Waals surface area contributed by atoms with Crippen LogP contribution in [-0.4, -0.2) is 50.8 Å². The van der Waals surface area contributed by atoms with E-state index >= 15 is 0 Å². The van der Waals surface area contributed by atoms with Crippen molar-refractivity contribution in [3.63, 3.8) is 0 Å². The Labute approximate surface area is 193 Å². The molecule has 10 heteroatoms. The maximum atomic E-state index is 12.5. The summed E-state index contributed by atoms with van der Waals surface area (Å²) in [7, 11) is 0. The van der Waals surface area contributed by atoms with Crippen molar-refractivity contribution in [3.05, 3.63) is 12.5 Å². The molecule has 2 heterocycles. The third-order valence-corrected chi connectivity index (χ3v) is 6.55. The van der Waals surface area contributed by atoms with Crippen LogP contribution in [0.2, 0.25) is 0 Å². The molecule has 10 nitrogen and oxygen atoms in total. The third kappa shape index (κ3) is 6.40. The monoisotopic (exact) mass is 459 g/mol. The standard InChI is InChI=1S/C23H33N5O5/c24-23-25-11-19-20(27-23)26-14-28(19)15-33-18(12-31-21(29)16-7-3-1-4-8-16)13-32-22(30)17-9-5-2-6-10-17/h11,14,16-18H,1-10,12-13,15H2,(H2,24,25,27). The fourth-order valence-electron chi connectivity index (χ4n) is 4.56. The SMILES string of the molecule is Nc1ncc2c(ncn2COC(COC(=O)C2CCCCC2)COC(=O)C2CCCCC2)n1. The third-order valence-electron chi connectivity index (χ3n) is 6.55. The lowest BCUT2D eigenvalue weighted by molar-refractivity contribution is -0.163. The summed E-state index contributed by atoms with van der Waals surface area (Å²) in [6, 6.07) is 0. The van der Waals surface area contributed by atoms with Gasteiger partial charge in [0.2, 0.25) is 5.95 Å². The second-order valence-corrected chi connectivity index (χ2v) is 9.00. The number of fused-ring (bicyclic) bond motifs is 1. The number of nitrogens with zero attached hydrogens (tertiary/aromatic N) is 4. The van der Waals surface area contributed by atoms with Crippen molar-refractivity contribution in [1.82, 2.24) is 19.5 Å². The molecule has 180 valence electrons. The van der Waals surface area contributed by atoms with Gasteiger partial charge in [-0.15, -0.1) is 0 Å². The first-order chi connectivity index (χ1) is 16.1. The van der Waals surface area contributed by atoms with Crippen molar-refractivity contribution in [3.8, 4) is 0 Å². The van der Waals surface area contributed by atoms with Crippen LogP contribution >= 0.6 is 0 Å². The van der Waals surface area contributed by atoms with Crippen LogP contribution in [0, 0.1) is 11.8 Å². The zero-order chi connectivity index (χ0) is 23.0. The summed E-state index contributed by atoms with van der Waals surface area (Å²) >= 11 is 0. The Bertz CT molecular complexity index is 902. The van der Waals surface area contributed by atoms with Crippen LogP contribution in [0.25, 0.3) is 11.2 Å². The van der Waals surface area contributed by atoms with Gasteiger partial charge in [0.1, 0.15) is 31.6 Å². The maximum absolute atomic E-state index is 12.5. The number of hydrogen-bond donors (Lipinski definition) is 1. The number of anilines is 1. The van der Waals surface area contributed by atoms with Crippen LogP contribution in [0.3, 0.4) is 0 Å². The molecule has 0 aliphatic heterocycles. The van der Waals surface area contributed by atoms with E-state index in [1.54, 1.807) is 17.1 Å². The summed E-state index contributed by atoms with van der Waals surface area (Å²) in [5.41, 5.74) is 6.75. The molecule has 2 N–H and O–H groups in total. The minimum atomic E-state index is -0.586. The Morgan fingerprint density at radius 1 is 0.939 bits per heavy atom. The normalized spacial score (nSPS) is 18.0. The van der Waals surface area contributed by atoms with Crippen molar-refractivity contribution in [1.29, 1.82) is 0 Å². The maximum Gasteiger partial charge on any atom is 0.309 e. The molecule has 4 rings (SSSR count). The summed E-state index contributed by atoms with van der Waals surface area (Å²) in [4.78, 5) is 37.3. The molecule has 2 saturated carbocycles. The largest absolute Gasteiger partial charge is 0.463 e. The first-order valence-corrected chi connectivity index (χ1v) is 12.0. The first-order valence-electron chi connectivity index (χ1n) is 12.0. The Kier molecular flexibility index (Phi) is 8.09. The lowest BCUT2D eigenvalue weighted by Gasteiger charge is -2.24. The van der Waals surface area contributed by atoms with Crippen molar-refractivity contribution in [2.24, 2.45) is 11.8 Å². The molecule has 2 fully saturated rings. The van der Waals surface area contributed by atoms with Crippen molar-refractivity contribution in [2.45, 2.75) is 77.0 Å². The van der Waals surface area contributed by atoms with Crippen LogP contribution in [0.15, 0.2) is 12.5 Å². The summed E-state index contributed by atoms with van der Waals surface area (Å²) < 4.78 is 18.9. The van der Waals surface area contributed by atoms with E-state index in [-0.39, 0.29) is 49.7 Å². The highest BCUT2D eigenvalue weighted by Crippen LogP contribution is 2.26. The minimum absolute atomic E-state index is 0.0311. The summed E-state index contributed by atoms with van der Waals surface area (Å²) in [6.07, 6.45) is 12.6. The molecule has 0 bridgehead atoms. The number of nitrogens with two attached hydrogens (primary N) is 1. The number of esters is 2. The molecule has 0 aromatic carbocycles. The summed E-state index contributed by atoms with van der Waals surface area (Å²) in [6.45, 7) is 0.184. The van der Waals surface area contributed by atoms with Crippen molar-refractivity contribution >= 4 is 29.1 Å². The number of aromatic nitrogens is 4. The van der Waals surface area contributed by atoms with Gasteiger partial charge in [0.05, 0.1) is 24.4 Å². The molecule has 0 atom stereocenters. The molecule has 0 radical (unpaired) electrons. The summed E-state index contributed by atoms with van der Waals surface area (Å²) in [5.74, 6) is -0.345. The Morgan fingerprint density at radius 2 is 1.52 bits per heavy atom. The van der Waals surface area contributed by atoms with Crippen LogP contribution in [0.4, 0.5) is 5.95 Å².